The molecule has 2 heterocycles. The Morgan fingerprint density at radius 3 is 2.02 bits per heavy atom. The van der Waals surface area contributed by atoms with Crippen molar-refractivity contribution in [3.05, 3.63) is 137 Å². The van der Waals surface area contributed by atoms with E-state index in [1.165, 1.54) is 24.3 Å². The van der Waals surface area contributed by atoms with Crippen LogP contribution in [0.5, 0.6) is 0 Å². The van der Waals surface area contributed by atoms with Crippen LogP contribution in [0.2, 0.25) is 5.02 Å². The van der Waals surface area contributed by atoms with Crippen LogP contribution in [-0.4, -0.2) is 22.4 Å². The molecule has 41 heavy (non-hydrogen) atoms. The average Bonchev–Trinajstić information content (AvgIpc) is 3.36. The van der Waals surface area contributed by atoms with Crippen molar-refractivity contribution in [1.29, 1.82) is 0 Å². The summed E-state index contributed by atoms with van der Waals surface area (Å²) in [5, 5.41) is 2.79. The van der Waals surface area contributed by atoms with Crippen molar-refractivity contribution in [2.75, 3.05) is 4.90 Å². The van der Waals surface area contributed by atoms with Gasteiger partial charge in [-0.25, -0.2) is 14.1 Å². The van der Waals surface area contributed by atoms with Crippen molar-refractivity contribution in [2.24, 2.45) is 0 Å². The molecule has 200 valence electrons. The monoisotopic (exact) mass is 561 g/mol. The number of urea groups is 1. The predicted octanol–water partition coefficient (Wildman–Crippen LogP) is 7.27. The number of halogens is 2. The highest BCUT2D eigenvalue weighted by atomic mass is 35.5. The highest BCUT2D eigenvalue weighted by Crippen LogP contribution is 2.38. The van der Waals surface area contributed by atoms with Crippen LogP contribution in [0, 0.1) is 5.82 Å². The number of anilines is 1. The normalized spacial score (nSPS) is 14.4. The first kappa shape index (κ1) is 26.0. The van der Waals surface area contributed by atoms with Gasteiger partial charge in [0.2, 0.25) is 0 Å². The van der Waals surface area contributed by atoms with Crippen molar-refractivity contribution in [1.82, 2.24) is 9.88 Å². The Morgan fingerprint density at radius 2 is 1.37 bits per heavy atom. The van der Waals surface area contributed by atoms with Crippen LogP contribution in [0.4, 0.5) is 14.9 Å². The van der Waals surface area contributed by atoms with Crippen LogP contribution in [0.1, 0.15) is 5.56 Å². The summed E-state index contributed by atoms with van der Waals surface area (Å²) in [6.07, 6.45) is 1.47. The number of rotatable bonds is 5. The summed E-state index contributed by atoms with van der Waals surface area (Å²) in [4.78, 5) is 40.1. The van der Waals surface area contributed by atoms with E-state index in [0.717, 1.165) is 33.5 Å². The molecule has 0 aliphatic carbocycles. The molecule has 4 amide bonds. The molecule has 4 aromatic carbocycles. The lowest BCUT2D eigenvalue weighted by molar-refractivity contribution is -0.122. The minimum Gasteiger partial charge on any atom is -0.309 e. The molecule has 1 aromatic heterocycles. The SMILES string of the molecule is O=C1NC(=O)N(c2cccc(F)c2)C(=O)/C1=C\c1cc(-c2ccccc2)n(-c2ccc(Cl)cc2)c1-c1ccccc1. The van der Waals surface area contributed by atoms with Gasteiger partial charge >= 0.3 is 6.03 Å². The fourth-order valence-corrected chi connectivity index (χ4v) is 5.00. The van der Waals surface area contributed by atoms with E-state index in [1.54, 1.807) is 12.1 Å². The molecule has 0 spiro atoms. The van der Waals surface area contributed by atoms with Gasteiger partial charge in [-0.2, -0.15) is 0 Å². The molecule has 8 heteroatoms. The fourth-order valence-electron chi connectivity index (χ4n) is 4.87. The maximum atomic E-state index is 14.0. The highest BCUT2D eigenvalue weighted by molar-refractivity contribution is 6.39. The van der Waals surface area contributed by atoms with Crippen molar-refractivity contribution in [3.8, 4) is 28.2 Å². The maximum absolute atomic E-state index is 14.0. The molecule has 1 saturated heterocycles. The van der Waals surface area contributed by atoms with Gasteiger partial charge in [0.05, 0.1) is 17.1 Å². The lowest BCUT2D eigenvalue weighted by Gasteiger charge is -2.26. The number of hydrogen-bond donors (Lipinski definition) is 1. The van der Waals surface area contributed by atoms with Gasteiger partial charge in [0.25, 0.3) is 11.8 Å². The van der Waals surface area contributed by atoms with Crippen LogP contribution in [-0.2, 0) is 9.59 Å². The minimum atomic E-state index is -0.949. The number of benzene rings is 4. The molecular weight excluding hydrogens is 541 g/mol. The number of carbonyl (C=O) groups is 3. The van der Waals surface area contributed by atoms with E-state index in [2.05, 4.69) is 5.32 Å². The standard InChI is InChI=1S/C33H21ClFN3O3/c34-24-14-16-26(17-15-24)37-29(21-8-3-1-4-9-21)19-23(30(37)22-10-5-2-6-11-22)18-28-31(39)36-33(41)38(32(28)40)27-13-7-12-25(35)20-27/h1-20H,(H,36,39,41)/b28-18-. The molecule has 0 radical (unpaired) electrons. The maximum Gasteiger partial charge on any atom is 0.335 e. The molecule has 1 aliphatic heterocycles. The summed E-state index contributed by atoms with van der Waals surface area (Å²) in [5.74, 6) is -2.32. The van der Waals surface area contributed by atoms with Crippen LogP contribution in [0.15, 0.2) is 121 Å². The first-order valence-corrected chi connectivity index (χ1v) is 13.1. The van der Waals surface area contributed by atoms with Gasteiger partial charge in [-0.15, -0.1) is 0 Å². The molecule has 0 unspecified atom stereocenters. The Hall–Kier alpha value is -5.27. The van der Waals surface area contributed by atoms with Gasteiger partial charge in [-0.05, 0) is 65.7 Å². The molecule has 0 bridgehead atoms. The van der Waals surface area contributed by atoms with E-state index < -0.39 is 23.7 Å². The van der Waals surface area contributed by atoms with Gasteiger partial charge in [0, 0.05) is 16.3 Å². The number of barbiturate groups is 1. The van der Waals surface area contributed by atoms with E-state index in [9.17, 15) is 18.8 Å². The Morgan fingerprint density at radius 1 is 0.707 bits per heavy atom. The Bertz CT molecular complexity index is 1830. The lowest BCUT2D eigenvalue weighted by atomic mass is 10.0. The van der Waals surface area contributed by atoms with Gasteiger partial charge < -0.3 is 4.57 Å². The number of nitrogens with zero attached hydrogens (tertiary/aromatic N) is 2. The summed E-state index contributed by atoms with van der Waals surface area (Å²) in [7, 11) is 0. The smallest absolute Gasteiger partial charge is 0.309 e. The van der Waals surface area contributed by atoms with Crippen LogP contribution in [0.3, 0.4) is 0 Å². The molecule has 6 rings (SSSR count). The van der Waals surface area contributed by atoms with Gasteiger partial charge in [-0.1, -0.05) is 78.3 Å². The van der Waals surface area contributed by atoms with Gasteiger partial charge in [0.15, 0.2) is 0 Å². The second-order valence-corrected chi connectivity index (χ2v) is 9.75. The molecule has 1 N–H and O–H groups in total. The van der Waals surface area contributed by atoms with E-state index in [-0.39, 0.29) is 11.3 Å². The number of imide groups is 2. The van der Waals surface area contributed by atoms with E-state index in [1.807, 2.05) is 83.4 Å². The molecular formula is C33H21ClFN3O3. The minimum absolute atomic E-state index is 0.0119. The van der Waals surface area contributed by atoms with Crippen LogP contribution >= 0.6 is 11.6 Å². The van der Waals surface area contributed by atoms with Crippen LogP contribution < -0.4 is 10.2 Å². The molecule has 5 aromatic rings. The predicted molar refractivity (Wildman–Crippen MR) is 157 cm³/mol. The molecule has 1 aliphatic rings. The Balaban J connectivity index is 1.60. The summed E-state index contributed by atoms with van der Waals surface area (Å²) < 4.78 is 16.0. The van der Waals surface area contributed by atoms with Crippen LogP contribution in [0.25, 0.3) is 34.3 Å². The Labute approximate surface area is 239 Å². The first-order valence-electron chi connectivity index (χ1n) is 12.7. The van der Waals surface area contributed by atoms with E-state index in [4.69, 9.17) is 11.6 Å². The summed E-state index contributed by atoms with van der Waals surface area (Å²) in [6, 6.07) is 32.7. The zero-order chi connectivity index (χ0) is 28.5. The van der Waals surface area contributed by atoms with E-state index in [0.29, 0.717) is 16.3 Å². The quantitative estimate of drug-likeness (QED) is 0.181. The topological polar surface area (TPSA) is 71.4 Å². The van der Waals surface area contributed by atoms with Crippen molar-refractivity contribution in [3.63, 3.8) is 0 Å². The number of aromatic nitrogens is 1. The third kappa shape index (κ3) is 4.95. The number of hydrogen-bond acceptors (Lipinski definition) is 3. The third-order valence-corrected chi connectivity index (χ3v) is 6.95. The van der Waals surface area contributed by atoms with Crippen molar-refractivity contribution >= 4 is 41.2 Å². The molecule has 0 saturated carbocycles. The zero-order valence-corrected chi connectivity index (χ0v) is 22.2. The summed E-state index contributed by atoms with van der Waals surface area (Å²) in [6.45, 7) is 0. The molecule has 0 atom stereocenters. The van der Waals surface area contributed by atoms with Crippen molar-refractivity contribution < 1.29 is 18.8 Å². The first-order chi connectivity index (χ1) is 19.9. The summed E-state index contributed by atoms with van der Waals surface area (Å²) >= 11 is 6.21. The fraction of sp³-hybridized carbons (Fsp3) is 0. The number of amides is 4. The highest BCUT2D eigenvalue weighted by Gasteiger charge is 2.37. The number of carbonyl (C=O) groups excluding carboxylic acids is 3. The average molecular weight is 562 g/mol. The largest absolute Gasteiger partial charge is 0.335 e. The van der Waals surface area contributed by atoms with Gasteiger partial charge in [-0.3, -0.25) is 14.9 Å². The lowest BCUT2D eigenvalue weighted by Crippen LogP contribution is -2.54. The van der Waals surface area contributed by atoms with Crippen molar-refractivity contribution in [2.45, 2.75) is 0 Å². The van der Waals surface area contributed by atoms with E-state index >= 15 is 0 Å². The molecule has 6 nitrogen and oxygen atoms in total. The second-order valence-electron chi connectivity index (χ2n) is 9.32. The molecule has 1 fully saturated rings. The summed E-state index contributed by atoms with van der Waals surface area (Å²) in [5.41, 5.74) is 4.38. The number of nitrogens with one attached hydrogen (secondary N) is 1. The third-order valence-electron chi connectivity index (χ3n) is 6.70. The van der Waals surface area contributed by atoms with Gasteiger partial charge in [0.1, 0.15) is 11.4 Å². The second kappa shape index (κ2) is 10.7. The zero-order valence-electron chi connectivity index (χ0n) is 21.4. The Kier molecular flexibility index (Phi) is 6.79.